The van der Waals surface area contributed by atoms with Crippen LogP contribution in [0.25, 0.3) is 0 Å². The van der Waals surface area contributed by atoms with Gasteiger partial charge in [0, 0.05) is 24.2 Å². The van der Waals surface area contributed by atoms with Crippen molar-refractivity contribution in [2.45, 2.75) is 19.8 Å². The van der Waals surface area contributed by atoms with Crippen LogP contribution in [-0.2, 0) is 11.2 Å². The zero-order valence-electron chi connectivity index (χ0n) is 18.4. The topological polar surface area (TPSA) is 111 Å². The molecule has 0 spiro atoms. The number of ether oxygens (including phenoxy) is 1. The van der Waals surface area contributed by atoms with E-state index < -0.39 is 5.97 Å². The smallest absolute Gasteiger partial charge is 0.343 e. The summed E-state index contributed by atoms with van der Waals surface area (Å²) < 4.78 is 5.41. The molecule has 3 aromatic rings. The summed E-state index contributed by atoms with van der Waals surface area (Å²) in [6.07, 6.45) is 0.764. The Bertz CT molecular complexity index is 1190. The third-order valence-corrected chi connectivity index (χ3v) is 5.32. The van der Waals surface area contributed by atoms with Crippen LogP contribution in [0, 0.1) is 6.92 Å². The van der Waals surface area contributed by atoms with Crippen molar-refractivity contribution in [3.8, 4) is 5.75 Å². The van der Waals surface area contributed by atoms with E-state index in [1.807, 2.05) is 31.2 Å². The van der Waals surface area contributed by atoms with Gasteiger partial charge >= 0.3 is 5.97 Å². The van der Waals surface area contributed by atoms with Crippen molar-refractivity contribution in [2.24, 2.45) is 16.5 Å². The van der Waals surface area contributed by atoms with Crippen LogP contribution in [0.3, 0.4) is 0 Å². The van der Waals surface area contributed by atoms with Gasteiger partial charge in [-0.15, -0.1) is 0 Å². The molecular formula is C25H25ClN4O3. The van der Waals surface area contributed by atoms with Crippen molar-refractivity contribution in [2.75, 3.05) is 11.9 Å². The van der Waals surface area contributed by atoms with Gasteiger partial charge in [0.1, 0.15) is 5.75 Å². The van der Waals surface area contributed by atoms with Crippen LogP contribution in [0.15, 0.2) is 71.7 Å². The Morgan fingerprint density at radius 3 is 2.39 bits per heavy atom. The minimum absolute atomic E-state index is 0.0173. The van der Waals surface area contributed by atoms with Crippen LogP contribution in [0.1, 0.15) is 27.9 Å². The van der Waals surface area contributed by atoms with E-state index in [1.165, 1.54) is 0 Å². The number of aryl methyl sites for hydroxylation is 2. The van der Waals surface area contributed by atoms with Gasteiger partial charge < -0.3 is 21.1 Å². The van der Waals surface area contributed by atoms with E-state index in [0.717, 1.165) is 16.8 Å². The van der Waals surface area contributed by atoms with Gasteiger partial charge in [0.25, 0.3) is 0 Å². The molecule has 3 aromatic carbocycles. The van der Waals surface area contributed by atoms with E-state index in [1.54, 1.807) is 54.4 Å². The number of nitrogens with two attached hydrogens (primary N) is 2. The number of aliphatic imine (C=N–C) groups is 1. The number of esters is 1. The summed E-state index contributed by atoms with van der Waals surface area (Å²) in [5.41, 5.74) is 14.3. The maximum atomic E-state index is 12.6. The molecule has 0 aliphatic rings. The summed E-state index contributed by atoms with van der Waals surface area (Å²) in [7, 11) is 1.76. The SMILES string of the molecule is Cc1cccc(N(C)C(=O)CCc2ccc(OC(=O)c3ccc(N=C(N)N)cc3)cc2Cl)c1. The predicted molar refractivity (Wildman–Crippen MR) is 131 cm³/mol. The summed E-state index contributed by atoms with van der Waals surface area (Å²) in [6.45, 7) is 1.98. The Kier molecular flexibility index (Phi) is 7.69. The van der Waals surface area contributed by atoms with Gasteiger partial charge in [-0.1, -0.05) is 29.8 Å². The fourth-order valence-corrected chi connectivity index (χ4v) is 3.44. The number of hydrogen-bond acceptors (Lipinski definition) is 4. The van der Waals surface area contributed by atoms with E-state index in [4.69, 9.17) is 27.8 Å². The molecule has 0 aliphatic carbocycles. The molecule has 0 radical (unpaired) electrons. The molecule has 0 aromatic heterocycles. The van der Waals surface area contributed by atoms with Crippen molar-refractivity contribution >= 4 is 40.8 Å². The number of guanidine groups is 1. The Balaban J connectivity index is 1.59. The molecule has 7 nitrogen and oxygen atoms in total. The molecule has 0 saturated heterocycles. The molecule has 0 bridgehead atoms. The van der Waals surface area contributed by atoms with Crippen LogP contribution in [0.4, 0.5) is 11.4 Å². The van der Waals surface area contributed by atoms with E-state index in [9.17, 15) is 9.59 Å². The highest BCUT2D eigenvalue weighted by atomic mass is 35.5. The predicted octanol–water partition coefficient (Wildman–Crippen LogP) is 4.37. The zero-order valence-corrected chi connectivity index (χ0v) is 19.2. The average Bonchev–Trinajstić information content (AvgIpc) is 2.78. The number of carbonyl (C=O) groups excluding carboxylic acids is 2. The maximum absolute atomic E-state index is 12.6. The Labute approximate surface area is 197 Å². The van der Waals surface area contributed by atoms with Gasteiger partial charge in [-0.05, 0) is 73.0 Å². The monoisotopic (exact) mass is 464 g/mol. The molecular weight excluding hydrogens is 440 g/mol. The molecule has 33 heavy (non-hydrogen) atoms. The van der Waals surface area contributed by atoms with Crippen LogP contribution < -0.4 is 21.1 Å². The molecule has 0 heterocycles. The average molecular weight is 465 g/mol. The lowest BCUT2D eigenvalue weighted by molar-refractivity contribution is -0.118. The fourth-order valence-electron chi connectivity index (χ4n) is 3.17. The molecule has 0 atom stereocenters. The molecule has 0 fully saturated rings. The summed E-state index contributed by atoms with van der Waals surface area (Å²) in [5, 5.41) is 0.425. The number of rotatable bonds is 7. The fraction of sp³-hybridized carbons (Fsp3) is 0.160. The van der Waals surface area contributed by atoms with Gasteiger partial charge in [-0.2, -0.15) is 0 Å². The maximum Gasteiger partial charge on any atom is 0.343 e. The molecule has 0 unspecified atom stereocenters. The Hall–Kier alpha value is -3.84. The zero-order chi connectivity index (χ0) is 24.0. The number of halogens is 1. The number of hydrogen-bond donors (Lipinski definition) is 2. The van der Waals surface area contributed by atoms with E-state index >= 15 is 0 Å². The Morgan fingerprint density at radius 1 is 1.03 bits per heavy atom. The van der Waals surface area contributed by atoms with Gasteiger partial charge in [0.2, 0.25) is 5.91 Å². The van der Waals surface area contributed by atoms with E-state index in [2.05, 4.69) is 4.99 Å². The van der Waals surface area contributed by atoms with Crippen LogP contribution in [0.2, 0.25) is 5.02 Å². The van der Waals surface area contributed by atoms with E-state index in [-0.39, 0.29) is 11.9 Å². The first-order valence-electron chi connectivity index (χ1n) is 10.3. The summed E-state index contributed by atoms with van der Waals surface area (Å²) in [5.74, 6) is -0.310. The first-order valence-corrected chi connectivity index (χ1v) is 10.6. The van der Waals surface area contributed by atoms with Gasteiger partial charge in [0.05, 0.1) is 11.3 Å². The highest BCUT2D eigenvalue weighted by Gasteiger charge is 2.14. The number of amides is 1. The van der Waals surface area contributed by atoms with Crippen LogP contribution >= 0.6 is 11.6 Å². The second-order valence-electron chi connectivity index (χ2n) is 7.52. The van der Waals surface area contributed by atoms with Crippen molar-refractivity contribution in [1.82, 2.24) is 0 Å². The molecule has 1 amide bonds. The number of carbonyl (C=O) groups is 2. The third-order valence-electron chi connectivity index (χ3n) is 4.97. The lowest BCUT2D eigenvalue weighted by Crippen LogP contribution is -2.26. The van der Waals surface area contributed by atoms with Crippen LogP contribution in [-0.4, -0.2) is 24.9 Å². The van der Waals surface area contributed by atoms with Crippen molar-refractivity contribution in [1.29, 1.82) is 0 Å². The molecule has 3 rings (SSSR count). The first kappa shape index (κ1) is 23.8. The van der Waals surface area contributed by atoms with Crippen LogP contribution in [0.5, 0.6) is 5.75 Å². The normalized spacial score (nSPS) is 10.4. The van der Waals surface area contributed by atoms with Gasteiger partial charge in [0.15, 0.2) is 5.96 Å². The summed E-state index contributed by atoms with van der Waals surface area (Å²) in [4.78, 5) is 30.5. The molecule has 0 aliphatic heterocycles. The van der Waals surface area contributed by atoms with Gasteiger partial charge in [-0.25, -0.2) is 9.79 Å². The minimum atomic E-state index is -0.537. The second kappa shape index (κ2) is 10.7. The van der Waals surface area contributed by atoms with Crippen molar-refractivity contribution in [3.05, 3.63) is 88.4 Å². The first-order chi connectivity index (χ1) is 15.7. The second-order valence-corrected chi connectivity index (χ2v) is 7.93. The summed E-state index contributed by atoms with van der Waals surface area (Å²) >= 11 is 6.37. The van der Waals surface area contributed by atoms with Crippen molar-refractivity contribution in [3.63, 3.8) is 0 Å². The largest absolute Gasteiger partial charge is 0.423 e. The lowest BCUT2D eigenvalue weighted by atomic mass is 10.1. The quantitative estimate of drug-likeness (QED) is 0.233. The molecule has 8 heteroatoms. The number of nitrogens with zero attached hydrogens (tertiary/aromatic N) is 2. The molecule has 0 saturated carbocycles. The highest BCUT2D eigenvalue weighted by molar-refractivity contribution is 6.31. The highest BCUT2D eigenvalue weighted by Crippen LogP contribution is 2.25. The summed E-state index contributed by atoms with van der Waals surface area (Å²) in [6, 6.07) is 19.1. The Morgan fingerprint density at radius 2 is 1.76 bits per heavy atom. The number of benzene rings is 3. The number of anilines is 1. The molecule has 170 valence electrons. The van der Waals surface area contributed by atoms with Gasteiger partial charge in [-0.3, -0.25) is 4.79 Å². The van der Waals surface area contributed by atoms with Crippen molar-refractivity contribution < 1.29 is 14.3 Å². The van der Waals surface area contributed by atoms with E-state index in [0.29, 0.717) is 34.9 Å². The standard InChI is InChI=1S/C25H25ClN4O3/c1-16-4-3-5-20(14-16)30(2)23(31)13-9-17-8-12-21(15-22(17)26)33-24(32)18-6-10-19(11-7-18)29-25(27)28/h3-8,10-12,14-15H,9,13H2,1-2H3,(H4,27,28,29). The minimum Gasteiger partial charge on any atom is -0.423 e. The lowest BCUT2D eigenvalue weighted by Gasteiger charge is -2.18. The molecule has 4 N–H and O–H groups in total. The third kappa shape index (κ3) is 6.57.